The normalized spacial score (nSPS) is 10.3. The highest BCUT2D eigenvalue weighted by Gasteiger charge is 2.23. The summed E-state index contributed by atoms with van der Waals surface area (Å²) in [6.45, 7) is 13.3. The van der Waals surface area contributed by atoms with Crippen LogP contribution in [0.4, 0.5) is 0 Å². The van der Waals surface area contributed by atoms with E-state index in [1.807, 2.05) is 34.6 Å². The first-order valence-corrected chi connectivity index (χ1v) is 6.91. The van der Waals surface area contributed by atoms with Crippen LogP contribution in [0.1, 0.15) is 38.2 Å². The highest BCUT2D eigenvalue weighted by atomic mass is 16.4. The van der Waals surface area contributed by atoms with Crippen molar-refractivity contribution in [1.82, 2.24) is 4.90 Å². The van der Waals surface area contributed by atoms with Crippen molar-refractivity contribution >= 4 is 11.9 Å². The molecule has 114 valence electrons. The fourth-order valence-electron chi connectivity index (χ4n) is 2.52. The Bertz CT molecular complexity index is 574. The minimum absolute atomic E-state index is 0.218. The molecular formula is C17H23NO3. The van der Waals surface area contributed by atoms with E-state index in [4.69, 9.17) is 5.11 Å². The van der Waals surface area contributed by atoms with E-state index in [-0.39, 0.29) is 19.0 Å². The third-order valence-electron chi connectivity index (χ3n) is 4.18. The molecule has 0 aromatic heterocycles. The average Bonchev–Trinajstić information content (AvgIpc) is 2.42. The lowest BCUT2D eigenvalue weighted by Crippen LogP contribution is -2.36. The Labute approximate surface area is 126 Å². The van der Waals surface area contributed by atoms with Crippen molar-refractivity contribution in [1.29, 1.82) is 0 Å². The Balaban J connectivity index is 3.40. The van der Waals surface area contributed by atoms with Gasteiger partial charge in [-0.25, -0.2) is 0 Å². The van der Waals surface area contributed by atoms with E-state index in [0.717, 1.165) is 22.3 Å². The standard InChI is InChI=1S/C17H23NO3/c1-7-8-18(9-15(19)20)17(21)16-13(5)11(3)10(2)12(4)14(16)6/h7H,1,8-9H2,2-6H3,(H,19,20). The van der Waals surface area contributed by atoms with E-state index in [0.29, 0.717) is 5.56 Å². The lowest BCUT2D eigenvalue weighted by Gasteiger charge is -2.24. The third kappa shape index (κ3) is 3.32. The summed E-state index contributed by atoms with van der Waals surface area (Å²) in [5.74, 6) is -1.28. The van der Waals surface area contributed by atoms with Gasteiger partial charge in [-0.05, 0) is 62.4 Å². The Kier molecular flexibility index (Phi) is 5.30. The van der Waals surface area contributed by atoms with Gasteiger partial charge in [0, 0.05) is 12.1 Å². The van der Waals surface area contributed by atoms with Gasteiger partial charge in [0.15, 0.2) is 0 Å². The molecule has 1 rings (SSSR count). The molecule has 0 unspecified atom stereocenters. The van der Waals surface area contributed by atoms with E-state index in [1.54, 1.807) is 6.08 Å². The van der Waals surface area contributed by atoms with Gasteiger partial charge in [0.1, 0.15) is 6.54 Å². The first-order valence-electron chi connectivity index (χ1n) is 6.91. The zero-order chi connectivity index (χ0) is 16.3. The molecule has 0 fully saturated rings. The van der Waals surface area contributed by atoms with Crippen LogP contribution in [-0.2, 0) is 4.79 Å². The summed E-state index contributed by atoms with van der Waals surface area (Å²) in [7, 11) is 0. The molecule has 0 aliphatic heterocycles. The van der Waals surface area contributed by atoms with Crippen molar-refractivity contribution in [2.75, 3.05) is 13.1 Å². The Hall–Kier alpha value is -2.10. The maximum atomic E-state index is 12.7. The fraction of sp³-hybridized carbons (Fsp3) is 0.412. The molecule has 0 atom stereocenters. The SMILES string of the molecule is C=CCN(CC(=O)O)C(=O)c1c(C)c(C)c(C)c(C)c1C. The minimum atomic E-state index is -1.03. The van der Waals surface area contributed by atoms with Crippen LogP contribution in [0, 0.1) is 34.6 Å². The van der Waals surface area contributed by atoms with Crippen LogP contribution in [0.2, 0.25) is 0 Å². The van der Waals surface area contributed by atoms with Crippen molar-refractivity contribution in [2.45, 2.75) is 34.6 Å². The first-order chi connectivity index (χ1) is 9.72. The zero-order valence-corrected chi connectivity index (χ0v) is 13.4. The first kappa shape index (κ1) is 17.0. The van der Waals surface area contributed by atoms with E-state index in [2.05, 4.69) is 6.58 Å². The number of hydrogen-bond acceptors (Lipinski definition) is 2. The zero-order valence-electron chi connectivity index (χ0n) is 13.4. The van der Waals surface area contributed by atoms with Gasteiger partial charge in [-0.15, -0.1) is 6.58 Å². The number of benzene rings is 1. The number of hydrogen-bond donors (Lipinski definition) is 1. The summed E-state index contributed by atoms with van der Waals surface area (Å²) >= 11 is 0. The van der Waals surface area contributed by atoms with Crippen molar-refractivity contribution < 1.29 is 14.7 Å². The molecule has 0 saturated carbocycles. The molecule has 0 heterocycles. The van der Waals surface area contributed by atoms with Crippen LogP contribution in [0.3, 0.4) is 0 Å². The highest BCUT2D eigenvalue weighted by molar-refractivity contribution is 5.99. The van der Waals surface area contributed by atoms with Crippen LogP contribution in [-0.4, -0.2) is 35.0 Å². The number of aliphatic carboxylic acids is 1. The predicted molar refractivity (Wildman–Crippen MR) is 83.9 cm³/mol. The molecule has 4 nitrogen and oxygen atoms in total. The van der Waals surface area contributed by atoms with Crippen LogP contribution < -0.4 is 0 Å². The molecule has 1 aromatic rings. The summed E-state index contributed by atoms with van der Waals surface area (Å²) in [5, 5.41) is 8.97. The number of amides is 1. The summed E-state index contributed by atoms with van der Waals surface area (Å²) in [4.78, 5) is 25.0. The van der Waals surface area contributed by atoms with Gasteiger partial charge < -0.3 is 10.0 Å². The molecule has 0 bridgehead atoms. The van der Waals surface area contributed by atoms with Crippen LogP contribution in [0.5, 0.6) is 0 Å². The maximum absolute atomic E-state index is 12.7. The van der Waals surface area contributed by atoms with Crippen LogP contribution in [0.15, 0.2) is 12.7 Å². The topological polar surface area (TPSA) is 57.6 Å². The molecule has 21 heavy (non-hydrogen) atoms. The molecular weight excluding hydrogens is 266 g/mol. The monoisotopic (exact) mass is 289 g/mol. The quantitative estimate of drug-likeness (QED) is 0.848. The molecule has 0 aliphatic carbocycles. The molecule has 4 heteroatoms. The van der Waals surface area contributed by atoms with Crippen molar-refractivity contribution in [2.24, 2.45) is 0 Å². The van der Waals surface area contributed by atoms with Crippen molar-refractivity contribution in [3.05, 3.63) is 46.0 Å². The number of nitrogens with zero attached hydrogens (tertiary/aromatic N) is 1. The Morgan fingerprint density at radius 3 is 1.81 bits per heavy atom. The lowest BCUT2D eigenvalue weighted by molar-refractivity contribution is -0.137. The lowest BCUT2D eigenvalue weighted by atomic mass is 9.89. The average molecular weight is 289 g/mol. The molecule has 0 spiro atoms. The van der Waals surface area contributed by atoms with Gasteiger partial charge in [-0.1, -0.05) is 6.08 Å². The largest absolute Gasteiger partial charge is 0.480 e. The summed E-state index contributed by atoms with van der Waals surface area (Å²) in [5.41, 5.74) is 5.78. The van der Waals surface area contributed by atoms with E-state index in [9.17, 15) is 9.59 Å². The van der Waals surface area contributed by atoms with Crippen molar-refractivity contribution in [3.63, 3.8) is 0 Å². The number of carboxylic acid groups (broad SMARTS) is 1. The summed E-state index contributed by atoms with van der Waals surface area (Å²) in [6.07, 6.45) is 1.54. The molecule has 1 N–H and O–H groups in total. The van der Waals surface area contributed by atoms with Crippen LogP contribution >= 0.6 is 0 Å². The molecule has 0 saturated heterocycles. The second-order valence-electron chi connectivity index (χ2n) is 5.37. The van der Waals surface area contributed by atoms with E-state index in [1.165, 1.54) is 10.5 Å². The number of carbonyl (C=O) groups excluding carboxylic acids is 1. The maximum Gasteiger partial charge on any atom is 0.323 e. The number of carbonyl (C=O) groups is 2. The van der Waals surface area contributed by atoms with Gasteiger partial charge in [0.05, 0.1) is 0 Å². The van der Waals surface area contributed by atoms with Gasteiger partial charge in [0.25, 0.3) is 5.91 Å². The Morgan fingerprint density at radius 2 is 1.43 bits per heavy atom. The highest BCUT2D eigenvalue weighted by Crippen LogP contribution is 2.27. The summed E-state index contributed by atoms with van der Waals surface area (Å²) < 4.78 is 0. The third-order valence-corrected chi connectivity index (χ3v) is 4.18. The van der Waals surface area contributed by atoms with Gasteiger partial charge in [-0.2, -0.15) is 0 Å². The molecule has 0 aliphatic rings. The van der Waals surface area contributed by atoms with Gasteiger partial charge in [-0.3, -0.25) is 9.59 Å². The molecule has 1 amide bonds. The predicted octanol–water partition coefficient (Wildman–Crippen LogP) is 2.94. The van der Waals surface area contributed by atoms with E-state index < -0.39 is 5.97 Å². The van der Waals surface area contributed by atoms with Crippen molar-refractivity contribution in [3.8, 4) is 0 Å². The minimum Gasteiger partial charge on any atom is -0.480 e. The second kappa shape index (κ2) is 6.57. The van der Waals surface area contributed by atoms with Crippen LogP contribution in [0.25, 0.3) is 0 Å². The second-order valence-corrected chi connectivity index (χ2v) is 5.37. The number of rotatable bonds is 5. The molecule has 0 radical (unpaired) electrons. The van der Waals surface area contributed by atoms with Gasteiger partial charge in [0.2, 0.25) is 0 Å². The number of carboxylic acids is 1. The van der Waals surface area contributed by atoms with E-state index >= 15 is 0 Å². The summed E-state index contributed by atoms with van der Waals surface area (Å²) in [6, 6.07) is 0. The molecule has 1 aromatic carbocycles. The Morgan fingerprint density at radius 1 is 1.00 bits per heavy atom. The fourth-order valence-corrected chi connectivity index (χ4v) is 2.52. The smallest absolute Gasteiger partial charge is 0.323 e. The van der Waals surface area contributed by atoms with Gasteiger partial charge >= 0.3 is 5.97 Å².